The van der Waals surface area contributed by atoms with Gasteiger partial charge in [0, 0.05) is 13.1 Å². The van der Waals surface area contributed by atoms with Crippen molar-refractivity contribution in [3.05, 3.63) is 0 Å². The van der Waals surface area contributed by atoms with Crippen molar-refractivity contribution in [2.24, 2.45) is 0 Å². The van der Waals surface area contributed by atoms with E-state index in [0.717, 1.165) is 19.7 Å². The predicted octanol–water partition coefficient (Wildman–Crippen LogP) is 0.204. The fraction of sp³-hybridized carbons (Fsp3) is 1.00. The monoisotopic (exact) mass is 133 g/mol. The van der Waals surface area contributed by atoms with Crippen molar-refractivity contribution < 1.29 is 4.74 Å². The van der Waals surface area contributed by atoms with Crippen LogP contribution in [0.3, 0.4) is 0 Å². The minimum Gasteiger partial charge on any atom is -0.365 e. The van der Waals surface area contributed by atoms with Crippen LogP contribution in [0.2, 0.25) is 0 Å². The molecule has 0 N–H and O–H groups in total. The van der Waals surface area contributed by atoms with Crippen molar-refractivity contribution >= 4 is 12.6 Å². The van der Waals surface area contributed by atoms with E-state index in [9.17, 15) is 0 Å². The van der Waals surface area contributed by atoms with Gasteiger partial charge in [-0.3, -0.25) is 0 Å². The molecule has 3 heteroatoms. The number of hydrogen-bond donors (Lipinski definition) is 1. The van der Waals surface area contributed by atoms with Crippen LogP contribution < -0.4 is 0 Å². The lowest BCUT2D eigenvalue weighted by Gasteiger charge is -2.26. The average Bonchev–Trinajstić information content (AvgIpc) is 1.64. The zero-order chi connectivity index (χ0) is 5.98. The minimum atomic E-state index is 0.133. The van der Waals surface area contributed by atoms with E-state index in [0.29, 0.717) is 0 Å². The molecule has 1 aliphatic heterocycles. The summed E-state index contributed by atoms with van der Waals surface area (Å²) in [5.41, 5.74) is 0.133. The van der Waals surface area contributed by atoms with Gasteiger partial charge in [0.25, 0.3) is 0 Å². The zero-order valence-electron chi connectivity index (χ0n) is 5.00. The highest BCUT2D eigenvalue weighted by Crippen LogP contribution is 2.04. The van der Waals surface area contributed by atoms with Gasteiger partial charge in [0.15, 0.2) is 0 Å². The normalized spacial score (nSPS) is 33.0. The Morgan fingerprint density at radius 1 is 1.75 bits per heavy atom. The molecule has 2 nitrogen and oxygen atoms in total. The van der Waals surface area contributed by atoms with Crippen LogP contribution in [0, 0.1) is 0 Å². The molecule has 0 spiro atoms. The fourth-order valence-electron chi connectivity index (χ4n) is 0.755. The molecule has 1 aliphatic rings. The number of nitrogens with zero attached hydrogens (tertiary/aromatic N) is 1. The second-order valence-electron chi connectivity index (χ2n) is 2.09. The van der Waals surface area contributed by atoms with E-state index in [1.54, 1.807) is 0 Å². The quantitative estimate of drug-likeness (QED) is 0.474. The molecule has 0 bridgehead atoms. The zero-order valence-corrected chi connectivity index (χ0v) is 5.90. The first kappa shape index (κ1) is 6.39. The van der Waals surface area contributed by atoms with Crippen LogP contribution in [-0.2, 0) is 4.74 Å². The lowest BCUT2D eigenvalue weighted by atomic mass is 10.5. The second kappa shape index (κ2) is 2.71. The molecule has 48 valence electrons. The average molecular weight is 133 g/mol. The van der Waals surface area contributed by atoms with Crippen molar-refractivity contribution in [2.45, 2.75) is 5.44 Å². The third kappa shape index (κ3) is 1.65. The molecule has 0 saturated carbocycles. The van der Waals surface area contributed by atoms with Crippen LogP contribution in [0.1, 0.15) is 0 Å². The van der Waals surface area contributed by atoms with E-state index in [2.05, 4.69) is 24.6 Å². The molecule has 1 rings (SSSR count). The maximum Gasteiger partial charge on any atom is 0.113 e. The van der Waals surface area contributed by atoms with Gasteiger partial charge in [-0.1, -0.05) is 0 Å². The molecule has 1 heterocycles. The Morgan fingerprint density at radius 2 is 2.50 bits per heavy atom. The van der Waals surface area contributed by atoms with Crippen LogP contribution in [-0.4, -0.2) is 37.1 Å². The van der Waals surface area contributed by atoms with Crippen molar-refractivity contribution in [1.82, 2.24) is 4.90 Å². The summed E-state index contributed by atoms with van der Waals surface area (Å²) in [4.78, 5) is 2.21. The molecular weight excluding hydrogens is 122 g/mol. The van der Waals surface area contributed by atoms with E-state index in [-0.39, 0.29) is 5.44 Å². The maximum atomic E-state index is 5.17. The Hall–Kier alpha value is 0.270. The van der Waals surface area contributed by atoms with Crippen molar-refractivity contribution in [1.29, 1.82) is 0 Å². The van der Waals surface area contributed by atoms with Gasteiger partial charge in [-0.25, -0.2) is 0 Å². The van der Waals surface area contributed by atoms with Crippen molar-refractivity contribution in [2.75, 3.05) is 26.7 Å². The van der Waals surface area contributed by atoms with Crippen LogP contribution in [0.25, 0.3) is 0 Å². The van der Waals surface area contributed by atoms with E-state index >= 15 is 0 Å². The highest BCUT2D eigenvalue weighted by atomic mass is 32.1. The van der Waals surface area contributed by atoms with Gasteiger partial charge in [-0.05, 0) is 7.05 Å². The Bertz CT molecular complexity index is 70.8. The third-order valence-electron chi connectivity index (χ3n) is 1.25. The minimum absolute atomic E-state index is 0.133. The fourth-order valence-corrected chi connectivity index (χ4v) is 1.14. The first-order valence-corrected chi connectivity index (χ1v) is 3.29. The summed E-state index contributed by atoms with van der Waals surface area (Å²) < 4.78 is 5.17. The van der Waals surface area contributed by atoms with Gasteiger partial charge in [0.1, 0.15) is 5.44 Å². The number of thiol groups is 1. The number of ether oxygens (including phenoxy) is 1. The number of rotatable bonds is 0. The maximum absolute atomic E-state index is 5.17. The Kier molecular flexibility index (Phi) is 2.16. The summed E-state index contributed by atoms with van der Waals surface area (Å²) in [6.07, 6.45) is 0. The van der Waals surface area contributed by atoms with Gasteiger partial charge in [-0.2, -0.15) is 0 Å². The number of likely N-dealkylation sites (N-methyl/N-ethyl adjacent to an activating group) is 1. The Labute approximate surface area is 55.2 Å². The molecule has 0 aromatic heterocycles. The van der Waals surface area contributed by atoms with Crippen LogP contribution >= 0.6 is 12.6 Å². The van der Waals surface area contributed by atoms with E-state index in [1.807, 2.05) is 0 Å². The molecule has 0 aromatic carbocycles. The molecule has 0 aromatic rings. The summed E-state index contributed by atoms with van der Waals surface area (Å²) in [6, 6.07) is 0. The van der Waals surface area contributed by atoms with Gasteiger partial charge in [0.2, 0.25) is 0 Å². The molecule has 0 unspecified atom stereocenters. The molecule has 0 radical (unpaired) electrons. The SMILES string of the molecule is CN1CCO[C@@H](S)C1. The topological polar surface area (TPSA) is 12.5 Å². The standard InChI is InChI=1S/C5H11NOS/c1-6-2-3-7-5(8)4-6/h5,8H,2-4H2,1H3/t5-/m0/s1. The summed E-state index contributed by atoms with van der Waals surface area (Å²) in [5.74, 6) is 0. The summed E-state index contributed by atoms with van der Waals surface area (Å²) >= 11 is 4.16. The third-order valence-corrected chi connectivity index (χ3v) is 1.56. The number of hydrogen-bond acceptors (Lipinski definition) is 3. The van der Waals surface area contributed by atoms with Crippen LogP contribution in [0.15, 0.2) is 0 Å². The molecule has 1 fully saturated rings. The van der Waals surface area contributed by atoms with Gasteiger partial charge < -0.3 is 9.64 Å². The van der Waals surface area contributed by atoms with E-state index in [1.165, 1.54) is 0 Å². The van der Waals surface area contributed by atoms with E-state index < -0.39 is 0 Å². The Balaban J connectivity index is 2.23. The van der Waals surface area contributed by atoms with Gasteiger partial charge in [-0.15, -0.1) is 12.6 Å². The molecule has 0 aliphatic carbocycles. The molecule has 1 saturated heterocycles. The van der Waals surface area contributed by atoms with Crippen LogP contribution in [0.4, 0.5) is 0 Å². The second-order valence-corrected chi connectivity index (χ2v) is 2.66. The summed E-state index contributed by atoms with van der Waals surface area (Å²) in [6.45, 7) is 2.81. The lowest BCUT2D eigenvalue weighted by Crippen LogP contribution is -2.37. The highest BCUT2D eigenvalue weighted by molar-refractivity contribution is 7.80. The lowest BCUT2D eigenvalue weighted by molar-refractivity contribution is 0.0307. The largest absolute Gasteiger partial charge is 0.365 e. The smallest absolute Gasteiger partial charge is 0.113 e. The van der Waals surface area contributed by atoms with Gasteiger partial charge >= 0.3 is 0 Å². The predicted molar refractivity (Wildman–Crippen MR) is 36.2 cm³/mol. The highest BCUT2D eigenvalue weighted by Gasteiger charge is 2.12. The summed E-state index contributed by atoms with van der Waals surface area (Å²) in [5, 5.41) is 0. The molecular formula is C5H11NOS. The van der Waals surface area contributed by atoms with Crippen molar-refractivity contribution in [3.8, 4) is 0 Å². The van der Waals surface area contributed by atoms with Crippen molar-refractivity contribution in [3.63, 3.8) is 0 Å². The first-order chi connectivity index (χ1) is 3.79. The molecule has 0 amide bonds. The van der Waals surface area contributed by atoms with E-state index in [4.69, 9.17) is 4.74 Å². The first-order valence-electron chi connectivity index (χ1n) is 2.77. The summed E-state index contributed by atoms with van der Waals surface area (Å²) in [7, 11) is 2.08. The molecule has 8 heavy (non-hydrogen) atoms. The van der Waals surface area contributed by atoms with Crippen LogP contribution in [0.5, 0.6) is 0 Å². The Morgan fingerprint density at radius 3 is 2.88 bits per heavy atom. The van der Waals surface area contributed by atoms with Gasteiger partial charge in [0.05, 0.1) is 6.61 Å². The number of morpholine rings is 1. The molecule has 1 atom stereocenters.